The Morgan fingerprint density at radius 3 is 2.46 bits per heavy atom. The van der Waals surface area contributed by atoms with Gasteiger partial charge in [-0.2, -0.15) is 0 Å². The highest BCUT2D eigenvalue weighted by molar-refractivity contribution is 6.31. The van der Waals surface area contributed by atoms with Crippen LogP contribution in [0.3, 0.4) is 0 Å². The first-order chi connectivity index (χ1) is 11.6. The SMILES string of the molecule is O=C(Cc1c(F)cccc1Cl)Nc1ccc(N2CCCCC2)cc1. The average Bonchev–Trinajstić information content (AvgIpc) is 2.60. The van der Waals surface area contributed by atoms with E-state index in [9.17, 15) is 9.18 Å². The Labute approximate surface area is 146 Å². The van der Waals surface area contributed by atoms with E-state index in [1.54, 1.807) is 6.07 Å². The fourth-order valence-electron chi connectivity index (χ4n) is 2.97. The average molecular weight is 347 g/mol. The molecular formula is C19H20ClFN2O. The van der Waals surface area contributed by atoms with Crippen molar-refractivity contribution in [1.82, 2.24) is 0 Å². The molecule has 2 aromatic rings. The van der Waals surface area contributed by atoms with E-state index < -0.39 is 5.82 Å². The maximum absolute atomic E-state index is 13.7. The summed E-state index contributed by atoms with van der Waals surface area (Å²) in [4.78, 5) is 14.5. The van der Waals surface area contributed by atoms with Gasteiger partial charge < -0.3 is 10.2 Å². The zero-order valence-electron chi connectivity index (χ0n) is 13.4. The van der Waals surface area contributed by atoms with Crippen molar-refractivity contribution in [2.45, 2.75) is 25.7 Å². The summed E-state index contributed by atoms with van der Waals surface area (Å²) in [5, 5.41) is 3.06. The molecule has 0 bridgehead atoms. The summed E-state index contributed by atoms with van der Waals surface area (Å²) in [5.74, 6) is -0.745. The van der Waals surface area contributed by atoms with Gasteiger partial charge in [-0.05, 0) is 55.7 Å². The van der Waals surface area contributed by atoms with Gasteiger partial charge in [-0.15, -0.1) is 0 Å². The summed E-state index contributed by atoms with van der Waals surface area (Å²) < 4.78 is 13.7. The van der Waals surface area contributed by atoms with Crippen molar-refractivity contribution >= 4 is 28.9 Å². The number of anilines is 2. The van der Waals surface area contributed by atoms with Gasteiger partial charge in [-0.3, -0.25) is 4.79 Å². The van der Waals surface area contributed by atoms with Crippen LogP contribution in [-0.2, 0) is 11.2 Å². The smallest absolute Gasteiger partial charge is 0.228 e. The number of piperidine rings is 1. The molecule has 1 aliphatic heterocycles. The predicted octanol–water partition coefficient (Wildman–Crippen LogP) is 4.65. The van der Waals surface area contributed by atoms with Gasteiger partial charge in [0.15, 0.2) is 0 Å². The van der Waals surface area contributed by atoms with Crippen molar-refractivity contribution in [1.29, 1.82) is 0 Å². The third-order valence-electron chi connectivity index (χ3n) is 4.27. The zero-order valence-corrected chi connectivity index (χ0v) is 14.2. The second kappa shape index (κ2) is 7.67. The molecule has 5 heteroatoms. The number of nitrogens with one attached hydrogen (secondary N) is 1. The first-order valence-electron chi connectivity index (χ1n) is 8.21. The molecule has 0 aromatic heterocycles. The van der Waals surface area contributed by atoms with Crippen LogP contribution >= 0.6 is 11.6 Å². The highest BCUT2D eigenvalue weighted by Crippen LogP contribution is 2.23. The van der Waals surface area contributed by atoms with Gasteiger partial charge >= 0.3 is 0 Å². The van der Waals surface area contributed by atoms with E-state index in [1.807, 2.05) is 24.3 Å². The van der Waals surface area contributed by atoms with E-state index in [0.717, 1.165) is 13.1 Å². The van der Waals surface area contributed by atoms with Crippen LogP contribution in [0.25, 0.3) is 0 Å². The summed E-state index contributed by atoms with van der Waals surface area (Å²) in [5.41, 5.74) is 2.10. The van der Waals surface area contributed by atoms with Crippen LogP contribution in [0.15, 0.2) is 42.5 Å². The summed E-state index contributed by atoms with van der Waals surface area (Å²) in [6.07, 6.45) is 3.66. The minimum atomic E-state index is -0.460. The van der Waals surface area contributed by atoms with Crippen molar-refractivity contribution in [3.8, 4) is 0 Å². The monoisotopic (exact) mass is 346 g/mol. The third kappa shape index (κ3) is 4.06. The van der Waals surface area contributed by atoms with Gasteiger partial charge in [0.25, 0.3) is 0 Å². The molecular weight excluding hydrogens is 327 g/mol. The highest BCUT2D eigenvalue weighted by Gasteiger charge is 2.13. The molecule has 1 aliphatic rings. The Balaban J connectivity index is 1.62. The lowest BCUT2D eigenvalue weighted by atomic mass is 10.1. The van der Waals surface area contributed by atoms with E-state index >= 15 is 0 Å². The second-order valence-corrected chi connectivity index (χ2v) is 6.43. The molecule has 2 aromatic carbocycles. The van der Waals surface area contributed by atoms with Crippen LogP contribution in [0.5, 0.6) is 0 Å². The Kier molecular flexibility index (Phi) is 5.36. The molecule has 3 rings (SSSR count). The Bertz CT molecular complexity index is 692. The first-order valence-corrected chi connectivity index (χ1v) is 8.59. The predicted molar refractivity (Wildman–Crippen MR) is 96.2 cm³/mol. The van der Waals surface area contributed by atoms with Gasteiger partial charge in [-0.1, -0.05) is 17.7 Å². The minimum absolute atomic E-state index is 0.0839. The van der Waals surface area contributed by atoms with Crippen molar-refractivity contribution < 1.29 is 9.18 Å². The Hall–Kier alpha value is -2.07. The van der Waals surface area contributed by atoms with E-state index in [4.69, 9.17) is 11.6 Å². The molecule has 1 amide bonds. The molecule has 0 atom stereocenters. The number of halogens is 2. The Morgan fingerprint density at radius 2 is 1.79 bits per heavy atom. The standard InChI is InChI=1S/C19H20ClFN2O/c20-17-5-4-6-18(21)16(17)13-19(24)22-14-7-9-15(10-8-14)23-11-2-1-3-12-23/h4-10H,1-3,11-13H2,(H,22,24). The van der Waals surface area contributed by atoms with Gasteiger partial charge in [-0.25, -0.2) is 4.39 Å². The van der Waals surface area contributed by atoms with Crippen LogP contribution in [0.1, 0.15) is 24.8 Å². The maximum Gasteiger partial charge on any atom is 0.228 e. The van der Waals surface area contributed by atoms with Crippen LogP contribution < -0.4 is 10.2 Å². The lowest BCUT2D eigenvalue weighted by molar-refractivity contribution is -0.115. The van der Waals surface area contributed by atoms with Crippen LogP contribution in [0.2, 0.25) is 5.02 Å². The molecule has 0 saturated carbocycles. The largest absolute Gasteiger partial charge is 0.372 e. The Morgan fingerprint density at radius 1 is 1.08 bits per heavy atom. The van der Waals surface area contributed by atoms with E-state index in [-0.39, 0.29) is 22.9 Å². The van der Waals surface area contributed by atoms with Crippen LogP contribution in [0, 0.1) is 5.82 Å². The lowest BCUT2D eigenvalue weighted by Gasteiger charge is -2.28. The zero-order chi connectivity index (χ0) is 16.9. The normalized spacial score (nSPS) is 14.5. The number of hydrogen-bond acceptors (Lipinski definition) is 2. The fraction of sp³-hybridized carbons (Fsp3) is 0.316. The minimum Gasteiger partial charge on any atom is -0.372 e. The molecule has 1 N–H and O–H groups in total. The van der Waals surface area contributed by atoms with Gasteiger partial charge in [0.1, 0.15) is 5.82 Å². The molecule has 1 fully saturated rings. The maximum atomic E-state index is 13.7. The number of amides is 1. The molecule has 0 unspecified atom stereocenters. The molecule has 0 spiro atoms. The van der Waals surface area contributed by atoms with Gasteiger partial charge in [0.05, 0.1) is 6.42 Å². The molecule has 0 aliphatic carbocycles. The topological polar surface area (TPSA) is 32.3 Å². The number of carbonyl (C=O) groups is 1. The van der Waals surface area contributed by atoms with E-state index in [0.29, 0.717) is 5.69 Å². The molecule has 1 heterocycles. The van der Waals surface area contributed by atoms with Crippen molar-refractivity contribution in [2.24, 2.45) is 0 Å². The summed E-state index contributed by atoms with van der Waals surface area (Å²) >= 11 is 5.96. The molecule has 3 nitrogen and oxygen atoms in total. The second-order valence-electron chi connectivity index (χ2n) is 6.02. The van der Waals surface area contributed by atoms with E-state index in [2.05, 4.69) is 10.2 Å². The van der Waals surface area contributed by atoms with E-state index in [1.165, 1.54) is 37.1 Å². The van der Waals surface area contributed by atoms with Crippen LogP contribution in [-0.4, -0.2) is 19.0 Å². The number of rotatable bonds is 4. The molecule has 126 valence electrons. The van der Waals surface area contributed by atoms with Crippen LogP contribution in [0.4, 0.5) is 15.8 Å². The molecule has 1 saturated heterocycles. The fourth-order valence-corrected chi connectivity index (χ4v) is 3.20. The third-order valence-corrected chi connectivity index (χ3v) is 4.63. The van der Waals surface area contributed by atoms with Crippen molar-refractivity contribution in [3.05, 3.63) is 58.9 Å². The lowest BCUT2D eigenvalue weighted by Crippen LogP contribution is -2.29. The quantitative estimate of drug-likeness (QED) is 0.873. The summed E-state index contributed by atoms with van der Waals surface area (Å²) in [6, 6.07) is 12.2. The number of hydrogen-bond donors (Lipinski definition) is 1. The van der Waals surface area contributed by atoms with Gasteiger partial charge in [0.2, 0.25) is 5.91 Å². The van der Waals surface area contributed by atoms with Crippen molar-refractivity contribution in [3.63, 3.8) is 0 Å². The number of benzene rings is 2. The number of carbonyl (C=O) groups excluding carboxylic acids is 1. The van der Waals surface area contributed by atoms with Crippen molar-refractivity contribution in [2.75, 3.05) is 23.3 Å². The summed E-state index contributed by atoms with van der Waals surface area (Å²) in [6.45, 7) is 2.16. The highest BCUT2D eigenvalue weighted by atomic mass is 35.5. The first kappa shape index (κ1) is 16.8. The summed E-state index contributed by atoms with van der Waals surface area (Å²) in [7, 11) is 0. The molecule has 24 heavy (non-hydrogen) atoms. The van der Waals surface area contributed by atoms with Gasteiger partial charge in [0, 0.05) is 35.1 Å². The molecule has 0 radical (unpaired) electrons. The number of nitrogens with zero attached hydrogens (tertiary/aromatic N) is 1.